The quantitative estimate of drug-likeness (QED) is 0.729. The van der Waals surface area contributed by atoms with Gasteiger partial charge in [0.2, 0.25) is 0 Å². The number of methoxy groups -OCH3 is 1. The van der Waals surface area contributed by atoms with E-state index in [1.54, 1.807) is 13.3 Å². The van der Waals surface area contributed by atoms with Gasteiger partial charge in [0.15, 0.2) is 0 Å². The number of aromatic nitrogens is 1. The molecule has 0 radical (unpaired) electrons. The van der Waals surface area contributed by atoms with Crippen LogP contribution in [0.3, 0.4) is 0 Å². The lowest BCUT2D eigenvalue weighted by Gasteiger charge is -2.17. The largest absolute Gasteiger partial charge is 0.384 e. The molecule has 0 bridgehead atoms. The Morgan fingerprint density at radius 3 is 3.00 bits per heavy atom. The molecule has 0 aliphatic rings. The molecule has 1 unspecified atom stereocenters. The smallest absolute Gasteiger partial charge is 0.123 e. The Labute approximate surface area is 97.2 Å². The Balaban J connectivity index is 2.52. The van der Waals surface area contributed by atoms with E-state index in [1.165, 1.54) is 5.56 Å². The first-order valence-electron chi connectivity index (χ1n) is 5.69. The van der Waals surface area contributed by atoms with E-state index in [0.717, 1.165) is 19.4 Å². The summed E-state index contributed by atoms with van der Waals surface area (Å²) < 4.78 is 5.19. The van der Waals surface area contributed by atoms with Crippen LogP contribution >= 0.6 is 0 Å². The summed E-state index contributed by atoms with van der Waals surface area (Å²) in [5, 5.41) is 3.45. The summed E-state index contributed by atoms with van der Waals surface area (Å²) in [4.78, 5) is 3.98. The summed E-state index contributed by atoms with van der Waals surface area (Å²) in [7, 11) is 1.72. The van der Waals surface area contributed by atoms with E-state index >= 15 is 0 Å². The zero-order valence-electron chi connectivity index (χ0n) is 10.1. The fourth-order valence-corrected chi connectivity index (χ4v) is 1.65. The fraction of sp³-hybridized carbons (Fsp3) is 0.583. The number of nitrogens with two attached hydrogens (primary N) is 1. The van der Waals surface area contributed by atoms with Crippen molar-refractivity contribution < 1.29 is 4.74 Å². The number of hydrogen-bond acceptors (Lipinski definition) is 4. The van der Waals surface area contributed by atoms with E-state index in [2.05, 4.69) is 17.2 Å². The summed E-state index contributed by atoms with van der Waals surface area (Å²) in [6.07, 6.45) is 3.79. The molecule has 0 aromatic carbocycles. The molecular formula is C12H21N3O. The fourth-order valence-electron chi connectivity index (χ4n) is 1.65. The van der Waals surface area contributed by atoms with Crippen molar-refractivity contribution in [1.29, 1.82) is 0 Å². The van der Waals surface area contributed by atoms with E-state index in [-0.39, 0.29) is 0 Å². The monoisotopic (exact) mass is 223 g/mol. The first-order chi connectivity index (χ1) is 7.76. The maximum Gasteiger partial charge on any atom is 0.123 e. The van der Waals surface area contributed by atoms with Crippen molar-refractivity contribution in [2.24, 2.45) is 0 Å². The molecule has 1 heterocycles. The first-order valence-corrected chi connectivity index (χ1v) is 5.69. The van der Waals surface area contributed by atoms with E-state index in [0.29, 0.717) is 18.5 Å². The lowest BCUT2D eigenvalue weighted by Crippen LogP contribution is -2.35. The van der Waals surface area contributed by atoms with E-state index in [1.807, 2.05) is 12.1 Å². The molecule has 4 heteroatoms. The van der Waals surface area contributed by atoms with Crippen LogP contribution in [0, 0.1) is 0 Å². The zero-order chi connectivity index (χ0) is 11.8. The predicted octanol–water partition coefficient (Wildman–Crippen LogP) is 1.22. The normalized spacial score (nSPS) is 12.6. The molecule has 0 fully saturated rings. The lowest BCUT2D eigenvalue weighted by molar-refractivity contribution is 0.166. The second kappa shape index (κ2) is 7.19. The topological polar surface area (TPSA) is 60.2 Å². The van der Waals surface area contributed by atoms with Crippen LogP contribution in [0.15, 0.2) is 18.3 Å². The van der Waals surface area contributed by atoms with Gasteiger partial charge in [0, 0.05) is 19.3 Å². The van der Waals surface area contributed by atoms with Crippen molar-refractivity contribution in [1.82, 2.24) is 10.3 Å². The van der Waals surface area contributed by atoms with Gasteiger partial charge in [0.25, 0.3) is 0 Å². The number of anilines is 1. The second-order valence-electron chi connectivity index (χ2n) is 3.90. The molecule has 4 nitrogen and oxygen atoms in total. The first kappa shape index (κ1) is 12.9. The highest BCUT2D eigenvalue weighted by Gasteiger charge is 2.08. The molecule has 90 valence electrons. The SMILES string of the molecule is CCCNC(COC)Cc1ccnc(N)c1. The van der Waals surface area contributed by atoms with E-state index in [9.17, 15) is 0 Å². The molecule has 1 aromatic heterocycles. The van der Waals surface area contributed by atoms with Gasteiger partial charge in [-0.1, -0.05) is 6.92 Å². The molecule has 0 amide bonds. The Morgan fingerprint density at radius 1 is 1.56 bits per heavy atom. The minimum Gasteiger partial charge on any atom is -0.384 e. The molecule has 0 saturated heterocycles. The van der Waals surface area contributed by atoms with Crippen LogP contribution in [0.2, 0.25) is 0 Å². The molecule has 0 spiro atoms. The summed E-state index contributed by atoms with van der Waals surface area (Å²) in [6.45, 7) is 3.87. The van der Waals surface area contributed by atoms with Crippen LogP contribution in [0.25, 0.3) is 0 Å². The number of rotatable bonds is 7. The highest BCUT2D eigenvalue weighted by Crippen LogP contribution is 2.06. The van der Waals surface area contributed by atoms with E-state index < -0.39 is 0 Å². The van der Waals surface area contributed by atoms with Gasteiger partial charge in [-0.15, -0.1) is 0 Å². The van der Waals surface area contributed by atoms with Crippen LogP contribution in [0.5, 0.6) is 0 Å². The number of pyridine rings is 1. The summed E-state index contributed by atoms with van der Waals surface area (Å²) in [5.74, 6) is 0.573. The van der Waals surface area contributed by atoms with Crippen molar-refractivity contribution in [3.63, 3.8) is 0 Å². The highest BCUT2D eigenvalue weighted by molar-refractivity contribution is 5.32. The molecule has 16 heavy (non-hydrogen) atoms. The van der Waals surface area contributed by atoms with Crippen LogP contribution in [0.1, 0.15) is 18.9 Å². The molecule has 3 N–H and O–H groups in total. The third kappa shape index (κ3) is 4.59. The molecule has 1 aromatic rings. The maximum absolute atomic E-state index is 5.65. The summed E-state index contributed by atoms with van der Waals surface area (Å²) in [6, 6.07) is 4.25. The average molecular weight is 223 g/mol. The van der Waals surface area contributed by atoms with Crippen LogP contribution in [-0.4, -0.2) is 31.3 Å². The Bertz CT molecular complexity index is 304. The lowest BCUT2D eigenvalue weighted by atomic mass is 10.1. The molecule has 0 aliphatic carbocycles. The van der Waals surface area contributed by atoms with Crippen molar-refractivity contribution in [3.05, 3.63) is 23.9 Å². The van der Waals surface area contributed by atoms with Gasteiger partial charge in [-0.25, -0.2) is 4.98 Å². The standard InChI is InChI=1S/C12H21N3O/c1-3-5-14-11(9-16-2)7-10-4-6-15-12(13)8-10/h4,6,8,11,14H,3,5,7,9H2,1-2H3,(H2,13,15). The van der Waals surface area contributed by atoms with Crippen molar-refractivity contribution in [2.75, 3.05) is 26.0 Å². The highest BCUT2D eigenvalue weighted by atomic mass is 16.5. The molecule has 0 aliphatic heterocycles. The van der Waals surface area contributed by atoms with Gasteiger partial charge < -0.3 is 15.8 Å². The van der Waals surface area contributed by atoms with Gasteiger partial charge in [0.05, 0.1) is 6.61 Å². The van der Waals surface area contributed by atoms with Crippen molar-refractivity contribution >= 4 is 5.82 Å². The Morgan fingerprint density at radius 2 is 2.38 bits per heavy atom. The maximum atomic E-state index is 5.65. The summed E-state index contributed by atoms with van der Waals surface area (Å²) >= 11 is 0. The van der Waals surface area contributed by atoms with Gasteiger partial charge >= 0.3 is 0 Å². The van der Waals surface area contributed by atoms with Crippen molar-refractivity contribution in [3.8, 4) is 0 Å². The van der Waals surface area contributed by atoms with Crippen LogP contribution < -0.4 is 11.1 Å². The summed E-state index contributed by atoms with van der Waals surface area (Å²) in [5.41, 5.74) is 6.84. The minimum atomic E-state index is 0.340. The van der Waals surface area contributed by atoms with Crippen molar-refractivity contribution in [2.45, 2.75) is 25.8 Å². The van der Waals surface area contributed by atoms with Gasteiger partial charge in [-0.05, 0) is 37.1 Å². The third-order valence-electron chi connectivity index (χ3n) is 2.38. The number of nitrogen functional groups attached to an aromatic ring is 1. The van der Waals surface area contributed by atoms with E-state index in [4.69, 9.17) is 10.5 Å². The minimum absolute atomic E-state index is 0.340. The predicted molar refractivity (Wildman–Crippen MR) is 66.3 cm³/mol. The molecular weight excluding hydrogens is 202 g/mol. The number of nitrogens with one attached hydrogen (secondary N) is 1. The Kier molecular flexibility index (Phi) is 5.82. The Hall–Kier alpha value is -1.13. The third-order valence-corrected chi connectivity index (χ3v) is 2.38. The number of ether oxygens (including phenoxy) is 1. The molecule has 0 saturated carbocycles. The zero-order valence-corrected chi connectivity index (χ0v) is 10.1. The van der Waals surface area contributed by atoms with Gasteiger partial charge in [-0.3, -0.25) is 0 Å². The molecule has 1 rings (SSSR count). The average Bonchev–Trinajstić information content (AvgIpc) is 2.26. The van der Waals surface area contributed by atoms with Gasteiger partial charge in [0.1, 0.15) is 5.82 Å². The second-order valence-corrected chi connectivity index (χ2v) is 3.90. The number of nitrogens with zero attached hydrogens (tertiary/aromatic N) is 1. The molecule has 1 atom stereocenters. The number of hydrogen-bond donors (Lipinski definition) is 2. The van der Waals surface area contributed by atoms with Gasteiger partial charge in [-0.2, -0.15) is 0 Å². The van der Waals surface area contributed by atoms with Crippen LogP contribution in [0.4, 0.5) is 5.82 Å². The van der Waals surface area contributed by atoms with Crippen LogP contribution in [-0.2, 0) is 11.2 Å².